The molecule has 118 valence electrons. The first-order valence-electron chi connectivity index (χ1n) is 7.80. The van der Waals surface area contributed by atoms with Gasteiger partial charge in [-0.15, -0.1) is 0 Å². The van der Waals surface area contributed by atoms with E-state index in [9.17, 15) is 4.79 Å². The van der Waals surface area contributed by atoms with E-state index in [4.69, 9.17) is 16.7 Å². The summed E-state index contributed by atoms with van der Waals surface area (Å²) >= 11 is 5.99. The first kappa shape index (κ1) is 15.4. The quantitative estimate of drug-likeness (QED) is 0.941. The van der Waals surface area contributed by atoms with E-state index in [0.717, 1.165) is 41.9 Å². The first-order chi connectivity index (χ1) is 10.7. The highest BCUT2D eigenvalue weighted by Gasteiger charge is 2.21. The number of hydrogen-bond donors (Lipinski definition) is 1. The van der Waals surface area contributed by atoms with Gasteiger partial charge >= 0.3 is 0 Å². The number of benzene rings is 1. The van der Waals surface area contributed by atoms with Crippen molar-refractivity contribution in [3.05, 3.63) is 35.5 Å². The van der Waals surface area contributed by atoms with Crippen LogP contribution in [0.5, 0.6) is 0 Å². The van der Waals surface area contributed by atoms with Crippen LogP contribution in [-0.2, 0) is 11.3 Å². The van der Waals surface area contributed by atoms with Gasteiger partial charge in [0, 0.05) is 54.8 Å². The zero-order valence-electron chi connectivity index (χ0n) is 12.5. The van der Waals surface area contributed by atoms with Crippen molar-refractivity contribution in [1.29, 1.82) is 0 Å². The molecule has 0 saturated carbocycles. The van der Waals surface area contributed by atoms with Crippen molar-refractivity contribution in [2.24, 2.45) is 5.92 Å². The molecule has 0 spiro atoms. The van der Waals surface area contributed by atoms with Gasteiger partial charge in [-0.05, 0) is 43.0 Å². The summed E-state index contributed by atoms with van der Waals surface area (Å²) in [6, 6.07) is 7.84. The summed E-state index contributed by atoms with van der Waals surface area (Å²) in [6.07, 6.45) is 4.34. The standard InChI is InChI=1S/C17H21ClN2O2/c18-15-1-2-16-14(11-15)5-9-19(16)10-6-17(22)20-7-3-13(12-21)4-8-20/h1-2,5,9,11,13,21H,3-4,6-8,10,12H2. The number of amides is 1. The van der Waals surface area contributed by atoms with Crippen molar-refractivity contribution in [3.8, 4) is 0 Å². The largest absolute Gasteiger partial charge is 0.396 e. The molecule has 5 heteroatoms. The zero-order valence-corrected chi connectivity index (χ0v) is 13.3. The Kier molecular flexibility index (Phi) is 4.69. The van der Waals surface area contributed by atoms with Crippen molar-refractivity contribution in [3.63, 3.8) is 0 Å². The molecule has 2 heterocycles. The molecule has 1 saturated heterocycles. The monoisotopic (exact) mass is 320 g/mol. The number of aliphatic hydroxyl groups excluding tert-OH is 1. The number of aryl methyl sites for hydroxylation is 1. The molecule has 2 aromatic rings. The highest BCUT2D eigenvalue weighted by Crippen LogP contribution is 2.21. The van der Waals surface area contributed by atoms with E-state index in [0.29, 0.717) is 18.9 Å². The Bertz CT molecular complexity index is 660. The highest BCUT2D eigenvalue weighted by molar-refractivity contribution is 6.31. The molecule has 1 aromatic carbocycles. The maximum absolute atomic E-state index is 12.3. The van der Waals surface area contributed by atoms with Gasteiger partial charge in [0.1, 0.15) is 0 Å². The molecular formula is C17H21ClN2O2. The Morgan fingerprint density at radius 1 is 1.27 bits per heavy atom. The summed E-state index contributed by atoms with van der Waals surface area (Å²) in [7, 11) is 0. The number of carbonyl (C=O) groups excluding carboxylic acids is 1. The van der Waals surface area contributed by atoms with Gasteiger partial charge in [-0.3, -0.25) is 4.79 Å². The third-order valence-corrected chi connectivity index (χ3v) is 4.76. The number of hydrogen-bond acceptors (Lipinski definition) is 2. The summed E-state index contributed by atoms with van der Waals surface area (Å²) < 4.78 is 2.10. The Morgan fingerprint density at radius 3 is 2.77 bits per heavy atom. The van der Waals surface area contributed by atoms with Crippen molar-refractivity contribution < 1.29 is 9.90 Å². The average Bonchev–Trinajstić information content (AvgIpc) is 2.94. The Hall–Kier alpha value is -1.52. The van der Waals surface area contributed by atoms with E-state index in [1.165, 1.54) is 0 Å². The number of aliphatic hydroxyl groups is 1. The van der Waals surface area contributed by atoms with Gasteiger partial charge in [-0.2, -0.15) is 0 Å². The number of piperidine rings is 1. The first-order valence-corrected chi connectivity index (χ1v) is 8.18. The Morgan fingerprint density at radius 2 is 2.05 bits per heavy atom. The van der Waals surface area contributed by atoms with Gasteiger partial charge in [-0.25, -0.2) is 0 Å². The molecule has 0 atom stereocenters. The van der Waals surface area contributed by atoms with Crippen LogP contribution < -0.4 is 0 Å². The van der Waals surface area contributed by atoms with E-state index < -0.39 is 0 Å². The summed E-state index contributed by atoms with van der Waals surface area (Å²) in [5.74, 6) is 0.564. The molecule has 4 nitrogen and oxygen atoms in total. The van der Waals surface area contributed by atoms with Crippen LogP contribution in [0.25, 0.3) is 10.9 Å². The minimum Gasteiger partial charge on any atom is -0.396 e. The molecule has 0 bridgehead atoms. The highest BCUT2D eigenvalue weighted by atomic mass is 35.5. The fourth-order valence-electron chi connectivity index (χ4n) is 3.11. The van der Waals surface area contributed by atoms with Crippen LogP contribution in [-0.4, -0.2) is 40.2 Å². The lowest BCUT2D eigenvalue weighted by Gasteiger charge is -2.31. The summed E-state index contributed by atoms with van der Waals surface area (Å²) in [5.41, 5.74) is 1.11. The fourth-order valence-corrected chi connectivity index (χ4v) is 3.29. The molecule has 0 radical (unpaired) electrons. The van der Waals surface area contributed by atoms with Crippen molar-refractivity contribution in [1.82, 2.24) is 9.47 Å². The molecule has 0 aliphatic carbocycles. The van der Waals surface area contributed by atoms with Crippen LogP contribution in [0.2, 0.25) is 5.02 Å². The van der Waals surface area contributed by atoms with Crippen molar-refractivity contribution in [2.75, 3.05) is 19.7 Å². The predicted molar refractivity (Wildman–Crippen MR) is 88.0 cm³/mol. The van der Waals surface area contributed by atoms with E-state index >= 15 is 0 Å². The minimum absolute atomic E-state index is 0.201. The smallest absolute Gasteiger partial charge is 0.224 e. The molecule has 1 amide bonds. The van der Waals surface area contributed by atoms with E-state index in [1.54, 1.807) is 0 Å². The van der Waals surface area contributed by atoms with Gasteiger partial charge in [-0.1, -0.05) is 11.6 Å². The molecular weight excluding hydrogens is 300 g/mol. The lowest BCUT2D eigenvalue weighted by molar-refractivity contribution is -0.133. The van der Waals surface area contributed by atoms with Gasteiger partial charge in [0.2, 0.25) is 5.91 Å². The molecule has 1 N–H and O–H groups in total. The van der Waals surface area contributed by atoms with Crippen LogP contribution in [0, 0.1) is 5.92 Å². The third kappa shape index (κ3) is 3.28. The van der Waals surface area contributed by atoms with E-state index in [-0.39, 0.29) is 12.5 Å². The molecule has 1 aromatic heterocycles. The molecule has 22 heavy (non-hydrogen) atoms. The number of halogens is 1. The Labute approximate surface area is 135 Å². The molecule has 1 fully saturated rings. The lowest BCUT2D eigenvalue weighted by Crippen LogP contribution is -2.39. The van der Waals surface area contributed by atoms with Gasteiger partial charge in [0.15, 0.2) is 0 Å². The second-order valence-corrected chi connectivity index (χ2v) is 6.41. The maximum atomic E-state index is 12.3. The number of rotatable bonds is 4. The van der Waals surface area contributed by atoms with Crippen molar-refractivity contribution >= 4 is 28.4 Å². The fraction of sp³-hybridized carbons (Fsp3) is 0.471. The number of carbonyl (C=O) groups is 1. The lowest BCUT2D eigenvalue weighted by atomic mass is 9.98. The minimum atomic E-state index is 0.201. The van der Waals surface area contributed by atoms with Crippen molar-refractivity contribution in [2.45, 2.75) is 25.8 Å². The van der Waals surface area contributed by atoms with Crippen LogP contribution >= 0.6 is 11.6 Å². The van der Waals surface area contributed by atoms with E-state index in [1.807, 2.05) is 35.4 Å². The SMILES string of the molecule is O=C(CCn1ccc2cc(Cl)ccc21)N1CCC(CO)CC1. The molecule has 1 aliphatic heterocycles. The van der Waals surface area contributed by atoms with Gasteiger partial charge in [0.05, 0.1) is 0 Å². The van der Waals surface area contributed by atoms with Gasteiger partial charge in [0.25, 0.3) is 0 Å². The third-order valence-electron chi connectivity index (χ3n) is 4.53. The van der Waals surface area contributed by atoms with Crippen LogP contribution in [0.3, 0.4) is 0 Å². The number of likely N-dealkylation sites (tertiary alicyclic amines) is 1. The van der Waals surface area contributed by atoms with E-state index in [2.05, 4.69) is 4.57 Å². The molecule has 0 unspecified atom stereocenters. The second-order valence-electron chi connectivity index (χ2n) is 5.97. The zero-order chi connectivity index (χ0) is 15.5. The van der Waals surface area contributed by atoms with Crippen LogP contribution in [0.1, 0.15) is 19.3 Å². The predicted octanol–water partition coefficient (Wildman–Crippen LogP) is 2.92. The second kappa shape index (κ2) is 6.71. The van der Waals surface area contributed by atoms with Gasteiger partial charge < -0.3 is 14.6 Å². The summed E-state index contributed by atoms with van der Waals surface area (Å²) in [5, 5.41) is 11.0. The summed E-state index contributed by atoms with van der Waals surface area (Å²) in [4.78, 5) is 14.2. The Balaban J connectivity index is 1.58. The number of fused-ring (bicyclic) bond motifs is 1. The van der Waals surface area contributed by atoms with Crippen LogP contribution in [0.15, 0.2) is 30.5 Å². The molecule has 3 rings (SSSR count). The van der Waals surface area contributed by atoms with Crippen LogP contribution in [0.4, 0.5) is 0 Å². The molecule has 1 aliphatic rings. The number of nitrogens with zero attached hydrogens (tertiary/aromatic N) is 2. The average molecular weight is 321 g/mol. The summed E-state index contributed by atoms with van der Waals surface area (Å²) in [6.45, 7) is 2.46. The maximum Gasteiger partial charge on any atom is 0.224 e. The number of aromatic nitrogens is 1. The normalized spacial score (nSPS) is 16.4. The topological polar surface area (TPSA) is 45.5 Å².